The molecule has 0 aromatic heterocycles. The second-order valence-electron chi connectivity index (χ2n) is 20.9. The lowest BCUT2D eigenvalue weighted by molar-refractivity contribution is -0.166. The molecule has 0 amide bonds. The molecule has 0 aliphatic heterocycles. The van der Waals surface area contributed by atoms with Crippen LogP contribution < -0.4 is 0 Å². The van der Waals surface area contributed by atoms with E-state index in [1.54, 1.807) is 0 Å². The maximum absolute atomic E-state index is 12.9. The number of rotatable bonds is 57. The second kappa shape index (κ2) is 68.7. The Hall–Kier alpha value is -5.75. The minimum absolute atomic E-state index is 0.139. The molecule has 0 aromatic rings. The van der Waals surface area contributed by atoms with E-state index < -0.39 is 12.1 Å². The van der Waals surface area contributed by atoms with Crippen molar-refractivity contribution in [2.45, 2.75) is 258 Å². The van der Waals surface area contributed by atoms with Gasteiger partial charge in [-0.3, -0.25) is 14.4 Å². The summed E-state index contributed by atoms with van der Waals surface area (Å²) in [5.41, 5.74) is 0. The summed E-state index contributed by atoms with van der Waals surface area (Å²) >= 11 is 0. The van der Waals surface area contributed by atoms with Crippen LogP contribution in [-0.2, 0) is 28.6 Å². The number of hydrogen-bond donors (Lipinski definition) is 0. The highest BCUT2D eigenvalue weighted by Gasteiger charge is 2.19. The highest BCUT2D eigenvalue weighted by atomic mass is 16.6. The highest BCUT2D eigenvalue weighted by molar-refractivity contribution is 5.71. The number of carbonyl (C=O) groups is 3. The highest BCUT2D eigenvalue weighted by Crippen LogP contribution is 2.15. The van der Waals surface area contributed by atoms with Crippen molar-refractivity contribution >= 4 is 17.9 Å². The molecule has 83 heavy (non-hydrogen) atoms. The first kappa shape index (κ1) is 77.2. The maximum Gasteiger partial charge on any atom is 0.306 e. The summed E-state index contributed by atoms with van der Waals surface area (Å²) in [6.45, 7) is 6.16. The maximum atomic E-state index is 12.9. The van der Waals surface area contributed by atoms with Crippen LogP contribution in [0.15, 0.2) is 194 Å². The molecule has 6 heteroatoms. The molecule has 0 aliphatic rings. The van der Waals surface area contributed by atoms with E-state index in [4.69, 9.17) is 14.2 Å². The number of carbonyl (C=O) groups excluding carboxylic acids is 3. The van der Waals surface area contributed by atoms with Crippen LogP contribution in [0.3, 0.4) is 0 Å². The van der Waals surface area contributed by atoms with Gasteiger partial charge in [0.15, 0.2) is 6.10 Å². The number of unbranched alkanes of at least 4 members (excludes halogenated alkanes) is 14. The second-order valence-corrected chi connectivity index (χ2v) is 20.9. The zero-order chi connectivity index (χ0) is 59.9. The van der Waals surface area contributed by atoms with Gasteiger partial charge < -0.3 is 14.2 Å². The van der Waals surface area contributed by atoms with Crippen LogP contribution in [0.1, 0.15) is 252 Å². The molecule has 0 saturated carbocycles. The molecule has 6 nitrogen and oxygen atoms in total. The van der Waals surface area contributed by atoms with Gasteiger partial charge in [0.2, 0.25) is 0 Å². The molecule has 0 aliphatic carbocycles. The van der Waals surface area contributed by atoms with Crippen LogP contribution >= 0.6 is 0 Å². The third-order valence-electron chi connectivity index (χ3n) is 13.1. The van der Waals surface area contributed by atoms with Crippen LogP contribution in [-0.4, -0.2) is 37.2 Å². The molecule has 0 spiro atoms. The zero-order valence-electron chi connectivity index (χ0n) is 52.9. The molecule has 0 bridgehead atoms. The number of esters is 3. The minimum Gasteiger partial charge on any atom is -0.462 e. The summed E-state index contributed by atoms with van der Waals surface area (Å²) in [5, 5.41) is 0. The van der Waals surface area contributed by atoms with Gasteiger partial charge >= 0.3 is 17.9 Å². The first-order valence-electron chi connectivity index (χ1n) is 32.9. The number of allylic oxidation sites excluding steroid dienone is 32. The molecule has 1 atom stereocenters. The van der Waals surface area contributed by atoms with Crippen molar-refractivity contribution in [3.63, 3.8) is 0 Å². The minimum atomic E-state index is -0.859. The molecule has 0 N–H and O–H groups in total. The molecule has 0 fully saturated rings. The van der Waals surface area contributed by atoms with Crippen LogP contribution in [0.2, 0.25) is 0 Å². The molecule has 0 rings (SSSR count). The first-order valence-corrected chi connectivity index (χ1v) is 32.9. The quantitative estimate of drug-likeness (QED) is 0.0261. The van der Waals surface area contributed by atoms with Gasteiger partial charge in [0.05, 0.1) is 0 Å². The largest absolute Gasteiger partial charge is 0.462 e. The number of hydrogen-bond acceptors (Lipinski definition) is 6. The van der Waals surface area contributed by atoms with E-state index in [-0.39, 0.29) is 38.0 Å². The van der Waals surface area contributed by atoms with Crippen molar-refractivity contribution in [2.75, 3.05) is 13.2 Å². The van der Waals surface area contributed by atoms with E-state index in [0.717, 1.165) is 122 Å². The van der Waals surface area contributed by atoms with Crippen molar-refractivity contribution in [1.29, 1.82) is 0 Å². The van der Waals surface area contributed by atoms with Gasteiger partial charge in [0, 0.05) is 19.3 Å². The monoisotopic (exact) mass is 1140 g/mol. The molecule has 0 heterocycles. The van der Waals surface area contributed by atoms with E-state index in [1.807, 2.05) is 24.3 Å². The average molecular weight is 1140 g/mol. The Kier molecular flexibility index (Phi) is 64.0. The molecular formula is C77H118O6. The van der Waals surface area contributed by atoms with E-state index in [1.165, 1.54) is 77.0 Å². The lowest BCUT2D eigenvalue weighted by Gasteiger charge is -2.18. The predicted molar refractivity (Wildman–Crippen MR) is 361 cm³/mol. The van der Waals surface area contributed by atoms with E-state index in [0.29, 0.717) is 19.3 Å². The van der Waals surface area contributed by atoms with Crippen LogP contribution in [0.25, 0.3) is 0 Å². The Labute approximate surface area is 509 Å². The van der Waals surface area contributed by atoms with E-state index in [9.17, 15) is 14.4 Å². The summed E-state index contributed by atoms with van der Waals surface area (Å²) in [4.78, 5) is 38.2. The fourth-order valence-corrected chi connectivity index (χ4v) is 8.31. The van der Waals surface area contributed by atoms with Gasteiger partial charge in [-0.1, -0.05) is 292 Å². The van der Waals surface area contributed by atoms with Gasteiger partial charge in [0.1, 0.15) is 13.2 Å². The van der Waals surface area contributed by atoms with Gasteiger partial charge in [-0.05, 0) is 135 Å². The number of ether oxygens (including phenoxy) is 3. The Morgan fingerprint density at radius 2 is 0.458 bits per heavy atom. The van der Waals surface area contributed by atoms with Crippen molar-refractivity contribution in [2.24, 2.45) is 0 Å². The first-order chi connectivity index (χ1) is 41.0. The van der Waals surface area contributed by atoms with E-state index in [2.05, 4.69) is 191 Å². The van der Waals surface area contributed by atoms with Crippen molar-refractivity contribution in [3.05, 3.63) is 194 Å². The van der Waals surface area contributed by atoms with Gasteiger partial charge in [0.25, 0.3) is 0 Å². The van der Waals surface area contributed by atoms with Crippen molar-refractivity contribution < 1.29 is 28.6 Å². The Morgan fingerprint density at radius 1 is 0.241 bits per heavy atom. The van der Waals surface area contributed by atoms with Crippen molar-refractivity contribution in [1.82, 2.24) is 0 Å². The smallest absolute Gasteiger partial charge is 0.306 e. The fraction of sp³-hybridized carbons (Fsp3) is 0.545. The molecule has 462 valence electrons. The molecule has 0 aromatic carbocycles. The fourth-order valence-electron chi connectivity index (χ4n) is 8.31. The summed E-state index contributed by atoms with van der Waals surface area (Å²) in [6, 6.07) is 0. The summed E-state index contributed by atoms with van der Waals surface area (Å²) in [6.07, 6.45) is 105. The zero-order valence-corrected chi connectivity index (χ0v) is 52.9. The van der Waals surface area contributed by atoms with E-state index >= 15 is 0 Å². The summed E-state index contributed by atoms with van der Waals surface area (Å²) < 4.78 is 16.8. The predicted octanol–water partition coefficient (Wildman–Crippen LogP) is 23.0. The topological polar surface area (TPSA) is 78.9 Å². The van der Waals surface area contributed by atoms with Crippen LogP contribution in [0, 0.1) is 0 Å². The third-order valence-corrected chi connectivity index (χ3v) is 13.1. The van der Waals surface area contributed by atoms with Gasteiger partial charge in [-0.2, -0.15) is 0 Å². The Bertz CT molecular complexity index is 1990. The SMILES string of the molecule is CC/C=C\C/C=C\C/C=C\C/C=C\C/C=C\C/C=C\CCCCCCCCCCCCCCCCC(=O)OCC(COC(=O)CC/C=C\C/C=C\C/C=C\C/C=C\CC)OC(=O)CC/C=C\C/C=C\C/C=C\C/C=C\C/C=C\C/C=C\CC. The van der Waals surface area contributed by atoms with Crippen molar-refractivity contribution in [3.8, 4) is 0 Å². The molecular weight excluding hydrogens is 1020 g/mol. The Morgan fingerprint density at radius 3 is 0.747 bits per heavy atom. The summed E-state index contributed by atoms with van der Waals surface area (Å²) in [5.74, 6) is -1.12. The Balaban J connectivity index is 4.37. The van der Waals surface area contributed by atoms with Crippen LogP contribution in [0.4, 0.5) is 0 Å². The average Bonchev–Trinajstić information content (AvgIpc) is 3.49. The van der Waals surface area contributed by atoms with Crippen LogP contribution in [0.5, 0.6) is 0 Å². The van der Waals surface area contributed by atoms with Gasteiger partial charge in [-0.15, -0.1) is 0 Å². The lowest BCUT2D eigenvalue weighted by Crippen LogP contribution is -2.30. The molecule has 1 unspecified atom stereocenters. The standard InChI is InChI=1S/C77H118O6/c1-4-7-10-13-16-19-22-25-27-29-31-32-33-34-35-36-37-38-39-40-41-42-43-44-46-47-49-52-55-58-61-64-67-70-76(79)82-73-74(72-81-75(78)69-66-63-60-57-54-51-24-21-18-15-12-9-6-3)83-77(80)71-68-65-62-59-56-53-50-48-45-30-28-26-23-20-17-14-11-8-5-2/h7-12,16-21,25-28,31-32,34-35,37-38,45,48,51,53-54,56,60,62-63,65,74H,4-6,13-15,22-24,29-30,33,36,39-44,46-47,49-50,52,55,57-59,61,64,66-73H2,1-3H3/b10-7-,11-8-,12-9-,19-16-,20-17-,21-18-,27-25-,28-26-,32-31-,35-34-,38-37-,48-45-,54-51-,56-53-,63-60-,65-62-. The molecule has 0 saturated heterocycles. The summed E-state index contributed by atoms with van der Waals surface area (Å²) in [7, 11) is 0. The lowest BCUT2D eigenvalue weighted by atomic mass is 10.0. The molecule has 0 radical (unpaired) electrons. The third kappa shape index (κ3) is 66.9. The van der Waals surface area contributed by atoms with Gasteiger partial charge in [-0.25, -0.2) is 0 Å². The normalized spacial score (nSPS) is 13.4.